The summed E-state index contributed by atoms with van der Waals surface area (Å²) < 4.78 is 18.9. The smallest absolute Gasteiger partial charge is 0.276 e. The quantitative estimate of drug-likeness (QED) is 0.0733. The zero-order chi connectivity index (χ0) is 47.5. The lowest BCUT2D eigenvalue weighted by Gasteiger charge is -2.34. The van der Waals surface area contributed by atoms with Gasteiger partial charge in [0.25, 0.3) is 11.8 Å². The van der Waals surface area contributed by atoms with Gasteiger partial charge in [-0.25, -0.2) is 9.97 Å². The molecule has 0 bridgehead atoms. The van der Waals surface area contributed by atoms with Crippen molar-refractivity contribution in [3.05, 3.63) is 70.3 Å². The first-order valence-electron chi connectivity index (χ1n) is 22.5. The van der Waals surface area contributed by atoms with Crippen molar-refractivity contribution in [2.75, 3.05) is 75.1 Å². The van der Waals surface area contributed by atoms with Crippen molar-refractivity contribution < 1.29 is 33.4 Å². The van der Waals surface area contributed by atoms with E-state index in [1.54, 1.807) is 45.8 Å². The fraction of sp³-hybridized carbons (Fsp3) is 0.444. The van der Waals surface area contributed by atoms with Crippen LogP contribution in [0.2, 0.25) is 0 Å². The molecule has 2 aliphatic rings. The normalized spacial score (nSPS) is 15.0. The lowest BCUT2D eigenvalue weighted by molar-refractivity contribution is -0.123. The number of likely N-dealkylation sites (N-methyl/N-ethyl adjacent to an activating group) is 1. The van der Waals surface area contributed by atoms with Gasteiger partial charge in [0.2, 0.25) is 29.6 Å². The molecule has 0 spiro atoms. The molecule has 0 aliphatic carbocycles. The van der Waals surface area contributed by atoms with Crippen LogP contribution in [0.25, 0.3) is 22.1 Å². The van der Waals surface area contributed by atoms with Crippen molar-refractivity contribution in [2.45, 2.75) is 72.6 Å². The predicted octanol–water partition coefficient (Wildman–Crippen LogP) is 2.83. The molecule has 354 valence electrons. The number of benzene rings is 2. The Morgan fingerprint density at radius 1 is 0.791 bits per heavy atom. The van der Waals surface area contributed by atoms with Gasteiger partial charge in [0.15, 0.2) is 0 Å². The number of amides is 5. The minimum Gasteiger partial charge on any atom is -0.491 e. The summed E-state index contributed by atoms with van der Waals surface area (Å²) in [6, 6.07) is 9.69. The summed E-state index contributed by atoms with van der Waals surface area (Å²) in [5, 5.41) is 17.9. The zero-order valence-corrected chi connectivity index (χ0v) is 38.4. The number of rotatable bonds is 19. The number of aromatic nitrogens is 8. The number of nitrogens with two attached hydrogens (primary N) is 2. The average molecular weight is 920 g/mol. The first-order chi connectivity index (χ1) is 32.2. The van der Waals surface area contributed by atoms with Crippen LogP contribution < -0.4 is 37.1 Å². The van der Waals surface area contributed by atoms with Gasteiger partial charge in [-0.1, -0.05) is 0 Å². The van der Waals surface area contributed by atoms with Gasteiger partial charge in [-0.3, -0.25) is 48.9 Å². The number of morpholine rings is 1. The summed E-state index contributed by atoms with van der Waals surface area (Å²) in [4.78, 5) is 79.3. The molecule has 67 heavy (non-hydrogen) atoms. The molecule has 7 N–H and O–H groups in total. The number of anilines is 3. The molecule has 0 unspecified atom stereocenters. The monoisotopic (exact) mass is 919 g/mol. The molecule has 0 radical (unpaired) electrons. The highest BCUT2D eigenvalue weighted by Gasteiger charge is 2.31. The highest BCUT2D eigenvalue weighted by molar-refractivity contribution is 6.06. The van der Waals surface area contributed by atoms with Gasteiger partial charge in [0.1, 0.15) is 22.7 Å². The van der Waals surface area contributed by atoms with Gasteiger partial charge >= 0.3 is 0 Å². The number of imidazole rings is 2. The maximum atomic E-state index is 13.9. The Kier molecular flexibility index (Phi) is 13.5. The number of nitrogens with one attached hydrogen (secondary N) is 3. The molecule has 2 aromatic carbocycles. The maximum Gasteiger partial charge on any atom is 0.276 e. The summed E-state index contributed by atoms with van der Waals surface area (Å²) in [5.41, 5.74) is 17.0. The highest BCUT2D eigenvalue weighted by atomic mass is 16.5. The minimum atomic E-state index is -0.682. The van der Waals surface area contributed by atoms with Gasteiger partial charge in [0.05, 0.1) is 66.0 Å². The summed E-state index contributed by atoms with van der Waals surface area (Å²) in [6.07, 6.45) is 1.54. The number of nitrogens with zero attached hydrogens (tertiary/aromatic N) is 10. The number of fused-ring (bicyclic) bond motifs is 1. The minimum absolute atomic E-state index is 0.0916. The van der Waals surface area contributed by atoms with Gasteiger partial charge < -0.3 is 40.3 Å². The number of ether oxygens (including phenoxy) is 2. The largest absolute Gasteiger partial charge is 0.491 e. The van der Waals surface area contributed by atoms with E-state index in [2.05, 4.69) is 26.1 Å². The Morgan fingerprint density at radius 3 is 2.01 bits per heavy atom. The maximum absolute atomic E-state index is 13.9. The second-order valence-corrected chi connectivity index (χ2v) is 16.8. The molecule has 22 heteroatoms. The number of carbonyl (C=O) groups excluding carboxylic acids is 5. The number of hydrogen-bond acceptors (Lipinski definition) is 13. The number of hydrogen-bond donors (Lipinski definition) is 5. The summed E-state index contributed by atoms with van der Waals surface area (Å²) in [6.45, 7) is 12.6. The third kappa shape index (κ3) is 9.80. The van der Waals surface area contributed by atoms with E-state index in [-0.39, 0.29) is 42.5 Å². The van der Waals surface area contributed by atoms with Crippen LogP contribution in [0.3, 0.4) is 0 Å². The number of carbonyl (C=O) groups is 5. The molecule has 2 aliphatic heterocycles. The van der Waals surface area contributed by atoms with Crippen molar-refractivity contribution >= 4 is 69.2 Å². The Balaban J connectivity index is 1.10. The van der Waals surface area contributed by atoms with Crippen molar-refractivity contribution in [3.8, 4) is 5.75 Å². The van der Waals surface area contributed by atoms with Crippen molar-refractivity contribution in [1.29, 1.82) is 0 Å². The van der Waals surface area contributed by atoms with Crippen LogP contribution in [0.4, 0.5) is 17.6 Å². The summed E-state index contributed by atoms with van der Waals surface area (Å²) >= 11 is 0. The van der Waals surface area contributed by atoms with Crippen LogP contribution >= 0.6 is 0 Å². The zero-order valence-electron chi connectivity index (χ0n) is 38.4. The number of aryl methyl sites for hydroxylation is 5. The molecule has 0 saturated carbocycles. The predicted molar refractivity (Wildman–Crippen MR) is 250 cm³/mol. The Bertz CT molecular complexity index is 2870. The molecule has 1 atom stereocenters. The molecule has 1 fully saturated rings. The van der Waals surface area contributed by atoms with Crippen LogP contribution in [0.15, 0.2) is 36.4 Å². The van der Waals surface area contributed by atoms with E-state index in [9.17, 15) is 24.0 Å². The van der Waals surface area contributed by atoms with E-state index < -0.39 is 17.7 Å². The lowest BCUT2D eigenvalue weighted by Crippen LogP contribution is -2.43. The van der Waals surface area contributed by atoms with Gasteiger partial charge in [-0.15, -0.1) is 0 Å². The standard InChI is InChI=1S/C45H57N15O7/c1-6-58-34(18-26(3)53-58)42(64)51-44-49-32-21-29(41(47)63)23-36(67-15-9-11-48-37(61)25-56-13-16-66-17-14-56)39(32)57(44)12-8-10-30-24-55(5)33-22-28(40(46)62)20-31-38(33)60(30)45(50-31)52-43(65)35-19-27(4)54-59(35)7-2/h18-23,30H,6-17,24-25H2,1-5H3,(H2,46,62)(H2,47,63)(H,48,61)(H,49,51,64)(H,50,52,65)/t30-/m0/s1. The molecule has 6 heterocycles. The topological polar surface area (TPSA) is 270 Å². The van der Waals surface area contributed by atoms with Gasteiger partial charge in [-0.2, -0.15) is 10.2 Å². The second-order valence-electron chi connectivity index (χ2n) is 16.8. The molecular formula is C45H57N15O7. The number of primary amides is 2. The first-order valence-corrected chi connectivity index (χ1v) is 22.5. The Labute approximate surface area is 385 Å². The van der Waals surface area contributed by atoms with E-state index in [0.717, 1.165) is 11.2 Å². The lowest BCUT2D eigenvalue weighted by atomic mass is 10.0. The van der Waals surface area contributed by atoms with Crippen LogP contribution in [-0.4, -0.2) is 133 Å². The third-order valence-electron chi connectivity index (χ3n) is 12.0. The van der Waals surface area contributed by atoms with E-state index in [0.29, 0.717) is 135 Å². The fourth-order valence-corrected chi connectivity index (χ4v) is 8.85. The molecule has 8 rings (SSSR count). The highest BCUT2D eigenvalue weighted by Crippen LogP contribution is 2.40. The van der Waals surface area contributed by atoms with Crippen LogP contribution in [-0.2, 0) is 29.2 Å². The second kappa shape index (κ2) is 19.6. The van der Waals surface area contributed by atoms with Crippen molar-refractivity contribution in [1.82, 2.24) is 48.9 Å². The van der Waals surface area contributed by atoms with Gasteiger partial charge in [0, 0.05) is 64.0 Å². The van der Waals surface area contributed by atoms with Crippen LogP contribution in [0.1, 0.15) is 92.2 Å². The molecule has 1 saturated heterocycles. The average Bonchev–Trinajstić information content (AvgIpc) is 4.07. The SMILES string of the molecule is CCn1nc(C)cc1C(=O)Nc1nc2cc(C(N)=O)cc(OCCCNC(=O)CN3CCOCC3)c2n1CCC[C@H]1CN(C)c2cc(C(N)=O)cc3nc(NC(=O)c4cc(C)nn4CC)n1c23. The first kappa shape index (κ1) is 46.2. The van der Waals surface area contributed by atoms with E-state index in [1.807, 2.05) is 53.7 Å². The van der Waals surface area contributed by atoms with Crippen molar-refractivity contribution in [3.63, 3.8) is 0 Å². The Morgan fingerprint density at radius 2 is 1.39 bits per heavy atom. The molecule has 22 nitrogen and oxygen atoms in total. The molecule has 6 aromatic rings. The fourth-order valence-electron chi connectivity index (χ4n) is 8.85. The molecular weight excluding hydrogens is 863 g/mol. The third-order valence-corrected chi connectivity index (χ3v) is 12.0. The van der Waals surface area contributed by atoms with Crippen molar-refractivity contribution in [2.24, 2.45) is 11.5 Å². The van der Waals surface area contributed by atoms with Crippen LogP contribution in [0, 0.1) is 13.8 Å². The van der Waals surface area contributed by atoms with E-state index in [1.165, 1.54) is 0 Å². The van der Waals surface area contributed by atoms with E-state index in [4.69, 9.17) is 30.9 Å². The summed E-state index contributed by atoms with van der Waals surface area (Å²) in [7, 11) is 1.93. The molecule has 4 aromatic heterocycles. The molecule has 5 amide bonds. The summed E-state index contributed by atoms with van der Waals surface area (Å²) in [5.74, 6) is -1.33. The Hall–Kier alpha value is -7.33. The van der Waals surface area contributed by atoms with E-state index >= 15 is 0 Å². The van der Waals surface area contributed by atoms with Gasteiger partial charge in [-0.05, 0) is 83.4 Å². The van der Waals surface area contributed by atoms with Crippen LogP contribution in [0.5, 0.6) is 5.75 Å².